The highest BCUT2D eigenvalue weighted by molar-refractivity contribution is 6.33. The summed E-state index contributed by atoms with van der Waals surface area (Å²) in [7, 11) is 0. The van der Waals surface area contributed by atoms with E-state index in [1.54, 1.807) is 4.90 Å². The maximum atomic E-state index is 13.0. The Labute approximate surface area is 176 Å². The van der Waals surface area contributed by atoms with E-state index in [0.29, 0.717) is 37.6 Å². The van der Waals surface area contributed by atoms with E-state index >= 15 is 0 Å². The molecule has 8 heteroatoms. The summed E-state index contributed by atoms with van der Waals surface area (Å²) < 4.78 is 0. The molecule has 0 aromatic heterocycles. The van der Waals surface area contributed by atoms with Gasteiger partial charge in [-0.05, 0) is 30.9 Å². The predicted octanol–water partition coefficient (Wildman–Crippen LogP) is 2.49. The number of imide groups is 1. The molecule has 1 aromatic rings. The van der Waals surface area contributed by atoms with Crippen molar-refractivity contribution in [3.05, 3.63) is 29.3 Å². The van der Waals surface area contributed by atoms with Gasteiger partial charge < -0.3 is 15.1 Å². The van der Waals surface area contributed by atoms with Gasteiger partial charge in [-0.2, -0.15) is 0 Å². The molecule has 4 rings (SSSR count). The third-order valence-electron chi connectivity index (χ3n) is 6.62. The zero-order chi connectivity index (χ0) is 20.6. The Morgan fingerprint density at radius 3 is 2.59 bits per heavy atom. The smallest absolute Gasteiger partial charge is 0.325 e. The number of anilines is 1. The Morgan fingerprint density at radius 2 is 1.90 bits per heavy atom. The number of nitrogens with zero attached hydrogens (tertiary/aromatic N) is 3. The molecule has 156 valence electrons. The molecule has 0 unspecified atom stereocenters. The fourth-order valence-electron chi connectivity index (χ4n) is 4.78. The van der Waals surface area contributed by atoms with E-state index in [2.05, 4.69) is 10.2 Å². The number of carbonyl (C=O) groups is 3. The summed E-state index contributed by atoms with van der Waals surface area (Å²) in [6.45, 7) is 4.22. The highest BCUT2D eigenvalue weighted by atomic mass is 35.5. The SMILES string of the molecule is C[C@H]1CCCC[C@]12NC(=O)N(CC(=O)N1CCN(c3ccccc3Cl)CC1)C2=O. The molecule has 7 nitrogen and oxygen atoms in total. The van der Waals surface area contributed by atoms with Crippen LogP contribution >= 0.6 is 11.6 Å². The van der Waals surface area contributed by atoms with Crippen LogP contribution in [0.5, 0.6) is 0 Å². The minimum atomic E-state index is -0.821. The van der Waals surface area contributed by atoms with Gasteiger partial charge in [-0.3, -0.25) is 14.5 Å². The highest BCUT2D eigenvalue weighted by Crippen LogP contribution is 2.38. The maximum absolute atomic E-state index is 13.0. The second kappa shape index (κ2) is 7.86. The van der Waals surface area contributed by atoms with Crippen LogP contribution < -0.4 is 10.2 Å². The van der Waals surface area contributed by atoms with Gasteiger partial charge in [-0.15, -0.1) is 0 Å². The molecule has 2 saturated heterocycles. The molecule has 3 fully saturated rings. The quantitative estimate of drug-likeness (QED) is 0.765. The van der Waals surface area contributed by atoms with Crippen molar-refractivity contribution < 1.29 is 14.4 Å². The van der Waals surface area contributed by atoms with E-state index < -0.39 is 11.6 Å². The van der Waals surface area contributed by atoms with Gasteiger partial charge in [0.05, 0.1) is 10.7 Å². The van der Waals surface area contributed by atoms with Crippen LogP contribution in [0, 0.1) is 5.92 Å². The number of amides is 4. The zero-order valence-electron chi connectivity index (χ0n) is 16.7. The van der Waals surface area contributed by atoms with Crippen LogP contribution in [0.25, 0.3) is 0 Å². The molecule has 3 aliphatic rings. The Kier molecular flexibility index (Phi) is 5.42. The lowest BCUT2D eigenvalue weighted by Gasteiger charge is -2.37. The lowest BCUT2D eigenvalue weighted by Crippen LogP contribution is -2.55. The number of hydrogen-bond donors (Lipinski definition) is 1. The fourth-order valence-corrected chi connectivity index (χ4v) is 5.03. The Bertz CT molecular complexity index is 824. The van der Waals surface area contributed by atoms with Crippen molar-refractivity contribution in [2.75, 3.05) is 37.6 Å². The number of carbonyl (C=O) groups excluding carboxylic acids is 3. The number of piperazine rings is 1. The van der Waals surface area contributed by atoms with Gasteiger partial charge in [0.1, 0.15) is 12.1 Å². The second-order valence-corrected chi connectivity index (χ2v) is 8.67. The van der Waals surface area contributed by atoms with E-state index in [1.165, 1.54) is 0 Å². The third-order valence-corrected chi connectivity index (χ3v) is 6.94. The number of nitrogens with one attached hydrogen (secondary N) is 1. The summed E-state index contributed by atoms with van der Waals surface area (Å²) in [5.74, 6) is -0.336. The van der Waals surface area contributed by atoms with Crippen molar-refractivity contribution in [2.24, 2.45) is 5.92 Å². The molecule has 1 saturated carbocycles. The van der Waals surface area contributed by atoms with Crippen molar-refractivity contribution in [1.82, 2.24) is 15.1 Å². The molecule has 0 bridgehead atoms. The monoisotopic (exact) mass is 418 g/mol. The molecule has 4 amide bonds. The van der Waals surface area contributed by atoms with Crippen LogP contribution in [-0.2, 0) is 9.59 Å². The molecule has 1 spiro atoms. The van der Waals surface area contributed by atoms with Crippen LogP contribution in [-0.4, -0.2) is 65.9 Å². The largest absolute Gasteiger partial charge is 0.367 e. The first-order chi connectivity index (χ1) is 13.9. The minimum absolute atomic E-state index is 0.0898. The molecule has 2 atom stereocenters. The topological polar surface area (TPSA) is 73.0 Å². The minimum Gasteiger partial charge on any atom is -0.367 e. The van der Waals surface area contributed by atoms with E-state index in [0.717, 1.165) is 29.8 Å². The molecule has 0 radical (unpaired) electrons. The average Bonchev–Trinajstić information content (AvgIpc) is 2.96. The summed E-state index contributed by atoms with van der Waals surface area (Å²) >= 11 is 6.27. The normalized spacial score (nSPS) is 27.5. The number of para-hydroxylation sites is 1. The van der Waals surface area contributed by atoms with Gasteiger partial charge in [-0.25, -0.2) is 4.79 Å². The first-order valence-electron chi connectivity index (χ1n) is 10.3. The van der Waals surface area contributed by atoms with E-state index in [4.69, 9.17) is 11.6 Å². The molecule has 2 heterocycles. The van der Waals surface area contributed by atoms with Gasteiger partial charge >= 0.3 is 6.03 Å². The lowest BCUT2D eigenvalue weighted by atomic mass is 9.73. The highest BCUT2D eigenvalue weighted by Gasteiger charge is 2.55. The lowest BCUT2D eigenvalue weighted by molar-refractivity contribution is -0.140. The summed E-state index contributed by atoms with van der Waals surface area (Å²) in [5.41, 5.74) is 0.141. The second-order valence-electron chi connectivity index (χ2n) is 8.26. The summed E-state index contributed by atoms with van der Waals surface area (Å²) in [4.78, 5) is 43.3. The molecular formula is C21H27ClN4O3. The number of urea groups is 1. The standard InChI is InChI=1S/C21H27ClN4O3/c1-15-6-4-5-9-21(15)19(28)26(20(29)23-21)14-18(27)25-12-10-24(11-13-25)17-8-3-2-7-16(17)22/h2-3,7-8,15H,4-6,9-14H2,1H3,(H,23,29)/t15-,21-/m0/s1. The van der Waals surface area contributed by atoms with Crippen molar-refractivity contribution in [1.29, 1.82) is 0 Å². The van der Waals surface area contributed by atoms with Gasteiger partial charge in [0, 0.05) is 26.2 Å². The molecule has 2 aliphatic heterocycles. The van der Waals surface area contributed by atoms with Crippen molar-refractivity contribution in [2.45, 2.75) is 38.1 Å². The number of hydrogen-bond acceptors (Lipinski definition) is 4. The molecule has 1 aromatic carbocycles. The first kappa shape index (κ1) is 20.0. The van der Waals surface area contributed by atoms with Crippen molar-refractivity contribution in [3.8, 4) is 0 Å². The summed E-state index contributed by atoms with van der Waals surface area (Å²) in [6, 6.07) is 7.22. The van der Waals surface area contributed by atoms with E-state index in [-0.39, 0.29) is 24.3 Å². The van der Waals surface area contributed by atoms with Gasteiger partial charge in [0.25, 0.3) is 5.91 Å². The maximum Gasteiger partial charge on any atom is 0.325 e. The summed E-state index contributed by atoms with van der Waals surface area (Å²) in [6.07, 6.45) is 3.56. The Hall–Kier alpha value is -2.28. The average molecular weight is 419 g/mol. The van der Waals surface area contributed by atoms with Crippen LogP contribution in [0.2, 0.25) is 5.02 Å². The molecule has 1 aliphatic carbocycles. The van der Waals surface area contributed by atoms with Crippen LogP contribution in [0.1, 0.15) is 32.6 Å². The van der Waals surface area contributed by atoms with Crippen LogP contribution in [0.4, 0.5) is 10.5 Å². The van der Waals surface area contributed by atoms with Crippen molar-refractivity contribution >= 4 is 35.1 Å². The Morgan fingerprint density at radius 1 is 1.17 bits per heavy atom. The van der Waals surface area contributed by atoms with Crippen LogP contribution in [0.15, 0.2) is 24.3 Å². The molecule has 1 N–H and O–H groups in total. The van der Waals surface area contributed by atoms with Gasteiger partial charge in [-0.1, -0.05) is 43.5 Å². The van der Waals surface area contributed by atoms with E-state index in [1.807, 2.05) is 31.2 Å². The van der Waals surface area contributed by atoms with Gasteiger partial charge in [0.2, 0.25) is 5.91 Å². The van der Waals surface area contributed by atoms with Crippen molar-refractivity contribution in [3.63, 3.8) is 0 Å². The van der Waals surface area contributed by atoms with E-state index in [9.17, 15) is 14.4 Å². The zero-order valence-corrected chi connectivity index (χ0v) is 17.5. The summed E-state index contributed by atoms with van der Waals surface area (Å²) in [5, 5.41) is 3.60. The fraction of sp³-hybridized carbons (Fsp3) is 0.571. The number of halogens is 1. The molecule has 29 heavy (non-hydrogen) atoms. The van der Waals surface area contributed by atoms with Gasteiger partial charge in [0.15, 0.2) is 0 Å². The predicted molar refractivity (Wildman–Crippen MR) is 111 cm³/mol. The third kappa shape index (κ3) is 3.56. The Balaban J connectivity index is 1.37. The first-order valence-corrected chi connectivity index (χ1v) is 10.7. The van der Waals surface area contributed by atoms with Crippen LogP contribution in [0.3, 0.4) is 0 Å². The number of benzene rings is 1. The number of rotatable bonds is 3. The molecular weight excluding hydrogens is 392 g/mol.